The number of fused-ring (bicyclic) bond motifs is 1. The molecule has 0 aliphatic heterocycles. The second-order valence-electron chi connectivity index (χ2n) is 7.69. The topological polar surface area (TPSA) is 109 Å². The van der Waals surface area contributed by atoms with Crippen molar-refractivity contribution in [2.45, 2.75) is 38.8 Å². The van der Waals surface area contributed by atoms with Crippen LogP contribution in [0.15, 0.2) is 29.8 Å². The summed E-state index contributed by atoms with van der Waals surface area (Å²) in [6, 6.07) is 6.07. The SMILES string of the molecule is Cc1nn(C)cc1CNC(=O)OC1CCc2c(sc(NC(=O)C=Cc3cccs3)c2C#N)C1. The predicted molar refractivity (Wildman–Crippen MR) is 128 cm³/mol. The van der Waals surface area contributed by atoms with Crippen molar-refractivity contribution in [2.24, 2.45) is 7.05 Å². The molecule has 170 valence electrons. The van der Waals surface area contributed by atoms with Crippen molar-refractivity contribution in [1.29, 1.82) is 5.26 Å². The van der Waals surface area contributed by atoms with E-state index in [1.165, 1.54) is 17.4 Å². The molecule has 0 radical (unpaired) electrons. The van der Waals surface area contributed by atoms with E-state index in [0.29, 0.717) is 36.4 Å². The van der Waals surface area contributed by atoms with E-state index in [0.717, 1.165) is 26.6 Å². The summed E-state index contributed by atoms with van der Waals surface area (Å²) >= 11 is 2.92. The minimum Gasteiger partial charge on any atom is -0.446 e. The number of alkyl carbamates (subject to hydrolysis) is 1. The molecule has 1 aliphatic carbocycles. The minimum atomic E-state index is -0.476. The quantitative estimate of drug-likeness (QED) is 0.514. The largest absolute Gasteiger partial charge is 0.446 e. The standard InChI is InChI=1S/C23H23N5O3S2/c1-14-15(13-28(2)27-14)12-25-23(30)31-16-5-7-18-19(11-24)22(33-20(18)10-16)26-21(29)8-6-17-4-3-9-32-17/h3-4,6,8-9,13,16H,5,7,10,12H2,1-2H3,(H,25,30)(H,26,29). The molecule has 2 amide bonds. The van der Waals surface area contributed by atoms with Crippen LogP contribution in [0.2, 0.25) is 0 Å². The Morgan fingerprint density at radius 1 is 1.45 bits per heavy atom. The third kappa shape index (κ3) is 5.50. The van der Waals surface area contributed by atoms with Gasteiger partial charge in [-0.1, -0.05) is 6.07 Å². The Bertz CT molecular complexity index is 1230. The highest BCUT2D eigenvalue weighted by Gasteiger charge is 2.28. The average molecular weight is 482 g/mol. The first-order valence-corrected chi connectivity index (χ1v) is 12.1. The lowest BCUT2D eigenvalue weighted by atomic mass is 9.94. The fourth-order valence-corrected chi connectivity index (χ4v) is 5.63. The summed E-state index contributed by atoms with van der Waals surface area (Å²) in [5.41, 5.74) is 3.24. The lowest BCUT2D eigenvalue weighted by molar-refractivity contribution is -0.111. The van der Waals surface area contributed by atoms with Gasteiger partial charge in [0.1, 0.15) is 17.2 Å². The van der Waals surface area contributed by atoms with Gasteiger partial charge < -0.3 is 15.4 Å². The van der Waals surface area contributed by atoms with E-state index in [-0.39, 0.29) is 12.0 Å². The Labute approximate surface area is 199 Å². The molecular weight excluding hydrogens is 458 g/mol. The summed E-state index contributed by atoms with van der Waals surface area (Å²) in [7, 11) is 1.84. The first kappa shape index (κ1) is 22.8. The smallest absolute Gasteiger partial charge is 0.407 e. The van der Waals surface area contributed by atoms with E-state index in [1.807, 2.05) is 37.7 Å². The maximum absolute atomic E-state index is 12.3. The Balaban J connectivity index is 1.36. The minimum absolute atomic E-state index is 0.278. The fraction of sp³-hybridized carbons (Fsp3) is 0.304. The Hall–Kier alpha value is -3.42. The van der Waals surface area contributed by atoms with Gasteiger partial charge >= 0.3 is 6.09 Å². The molecule has 0 fully saturated rings. The number of carbonyl (C=O) groups excluding carboxylic acids is 2. The average Bonchev–Trinajstić information content (AvgIpc) is 3.49. The van der Waals surface area contributed by atoms with Crippen LogP contribution in [0.25, 0.3) is 6.08 Å². The molecule has 1 aliphatic rings. The number of anilines is 1. The highest BCUT2D eigenvalue weighted by molar-refractivity contribution is 7.16. The van der Waals surface area contributed by atoms with E-state index < -0.39 is 6.09 Å². The van der Waals surface area contributed by atoms with E-state index in [2.05, 4.69) is 21.8 Å². The Morgan fingerprint density at radius 2 is 2.30 bits per heavy atom. The van der Waals surface area contributed by atoms with E-state index >= 15 is 0 Å². The third-order valence-corrected chi connectivity index (χ3v) is 7.33. The zero-order valence-electron chi connectivity index (χ0n) is 18.3. The number of nitriles is 1. The maximum Gasteiger partial charge on any atom is 0.407 e. The summed E-state index contributed by atoms with van der Waals surface area (Å²) in [4.78, 5) is 26.6. The summed E-state index contributed by atoms with van der Waals surface area (Å²) in [5.74, 6) is -0.281. The number of nitrogens with one attached hydrogen (secondary N) is 2. The lowest BCUT2D eigenvalue weighted by Gasteiger charge is -2.22. The van der Waals surface area contributed by atoms with Crippen molar-refractivity contribution in [3.05, 3.63) is 61.9 Å². The van der Waals surface area contributed by atoms with Crippen LogP contribution >= 0.6 is 22.7 Å². The first-order valence-electron chi connectivity index (χ1n) is 10.4. The molecule has 10 heteroatoms. The van der Waals surface area contributed by atoms with E-state index in [9.17, 15) is 14.9 Å². The van der Waals surface area contributed by atoms with Crippen molar-refractivity contribution < 1.29 is 14.3 Å². The number of hydrogen-bond donors (Lipinski definition) is 2. The van der Waals surface area contributed by atoms with Gasteiger partial charge in [-0.05, 0) is 42.9 Å². The monoisotopic (exact) mass is 481 g/mol. The molecule has 0 spiro atoms. The molecule has 0 bridgehead atoms. The Kier molecular flexibility index (Phi) is 6.91. The van der Waals surface area contributed by atoms with Gasteiger partial charge in [-0.3, -0.25) is 9.48 Å². The highest BCUT2D eigenvalue weighted by atomic mass is 32.1. The molecule has 3 aromatic rings. The second-order valence-corrected chi connectivity index (χ2v) is 9.78. The molecule has 2 N–H and O–H groups in total. The predicted octanol–water partition coefficient (Wildman–Crippen LogP) is 4.16. The van der Waals surface area contributed by atoms with Gasteiger partial charge in [0.15, 0.2) is 0 Å². The van der Waals surface area contributed by atoms with Crippen LogP contribution in [-0.4, -0.2) is 27.9 Å². The summed E-state index contributed by atoms with van der Waals surface area (Å²) in [5, 5.41) is 22.0. The van der Waals surface area contributed by atoms with Crippen molar-refractivity contribution in [3.63, 3.8) is 0 Å². The van der Waals surface area contributed by atoms with Crippen LogP contribution in [0.5, 0.6) is 0 Å². The van der Waals surface area contributed by atoms with Crippen molar-refractivity contribution in [1.82, 2.24) is 15.1 Å². The highest BCUT2D eigenvalue weighted by Crippen LogP contribution is 2.38. The van der Waals surface area contributed by atoms with Crippen LogP contribution in [0.1, 0.15) is 38.6 Å². The van der Waals surface area contributed by atoms with Gasteiger partial charge in [0.25, 0.3) is 0 Å². The van der Waals surface area contributed by atoms with Crippen molar-refractivity contribution in [3.8, 4) is 6.07 Å². The lowest BCUT2D eigenvalue weighted by Crippen LogP contribution is -2.31. The van der Waals surface area contributed by atoms with Crippen LogP contribution in [0.3, 0.4) is 0 Å². The number of amides is 2. The van der Waals surface area contributed by atoms with Gasteiger partial charge in [0, 0.05) is 47.6 Å². The fourth-order valence-electron chi connectivity index (χ4n) is 3.74. The van der Waals surface area contributed by atoms with Crippen LogP contribution < -0.4 is 10.6 Å². The zero-order valence-corrected chi connectivity index (χ0v) is 19.9. The second kappa shape index (κ2) is 10.0. The number of aromatic nitrogens is 2. The molecule has 0 saturated carbocycles. The van der Waals surface area contributed by atoms with Gasteiger partial charge in [-0.15, -0.1) is 22.7 Å². The van der Waals surface area contributed by atoms with Gasteiger partial charge in [-0.2, -0.15) is 10.4 Å². The molecule has 1 unspecified atom stereocenters. The van der Waals surface area contributed by atoms with Crippen LogP contribution in [-0.2, 0) is 36.0 Å². The molecule has 0 saturated heterocycles. The first-order chi connectivity index (χ1) is 15.9. The van der Waals surface area contributed by atoms with E-state index in [4.69, 9.17) is 4.74 Å². The van der Waals surface area contributed by atoms with E-state index in [1.54, 1.807) is 22.1 Å². The maximum atomic E-state index is 12.3. The third-order valence-electron chi connectivity index (χ3n) is 5.32. The zero-order chi connectivity index (χ0) is 23.4. The number of aryl methyl sites for hydroxylation is 2. The summed E-state index contributed by atoms with van der Waals surface area (Å²) in [6.07, 6.45) is 6.09. The number of rotatable bonds is 6. The van der Waals surface area contributed by atoms with Gasteiger partial charge in [0.2, 0.25) is 5.91 Å². The molecule has 3 aromatic heterocycles. The summed E-state index contributed by atoms with van der Waals surface area (Å²) in [6.45, 7) is 2.24. The number of thiophene rings is 2. The summed E-state index contributed by atoms with van der Waals surface area (Å²) < 4.78 is 7.32. The molecule has 8 nitrogen and oxygen atoms in total. The molecule has 1 atom stereocenters. The molecule has 3 heterocycles. The van der Waals surface area contributed by atoms with Gasteiger partial charge in [-0.25, -0.2) is 4.79 Å². The Morgan fingerprint density at radius 3 is 3.00 bits per heavy atom. The van der Waals surface area contributed by atoms with Crippen LogP contribution in [0, 0.1) is 18.3 Å². The van der Waals surface area contributed by atoms with Crippen molar-refractivity contribution >= 4 is 45.8 Å². The molecular formula is C23H23N5O3S2. The molecule has 0 aromatic carbocycles. The number of hydrogen-bond acceptors (Lipinski definition) is 7. The molecule has 4 rings (SSSR count). The number of ether oxygens (including phenoxy) is 1. The molecule has 33 heavy (non-hydrogen) atoms. The number of carbonyl (C=O) groups is 2. The number of nitrogens with zero attached hydrogens (tertiary/aromatic N) is 3. The normalized spacial score (nSPS) is 15.1. The van der Waals surface area contributed by atoms with Crippen molar-refractivity contribution in [2.75, 3.05) is 5.32 Å². The van der Waals surface area contributed by atoms with Gasteiger partial charge in [0.05, 0.1) is 11.3 Å². The van der Waals surface area contributed by atoms with Crippen LogP contribution in [0.4, 0.5) is 9.80 Å².